The molecule has 0 saturated carbocycles. The van der Waals surface area contributed by atoms with E-state index >= 15 is 0 Å². The van der Waals surface area contributed by atoms with Crippen LogP contribution in [0.1, 0.15) is 27.0 Å². The normalized spacial score (nSPS) is 10.8. The molecule has 35 heavy (non-hydrogen) atoms. The first-order chi connectivity index (χ1) is 17.0. The monoisotopic (exact) mass is 463 g/mol. The van der Waals surface area contributed by atoms with Crippen LogP contribution in [0.15, 0.2) is 91.1 Å². The molecule has 1 heterocycles. The van der Waals surface area contributed by atoms with Crippen molar-refractivity contribution in [2.75, 3.05) is 26.1 Å². The third kappa shape index (κ3) is 5.95. The minimum atomic E-state index is -0.177. The Balaban J connectivity index is 1.54. The molecule has 1 amide bonds. The number of carbonyl (C=O) groups excluding carboxylic acids is 1. The Morgan fingerprint density at radius 3 is 2.29 bits per heavy atom. The summed E-state index contributed by atoms with van der Waals surface area (Å²) in [5.74, 6) is 0.300. The van der Waals surface area contributed by atoms with Crippen molar-refractivity contribution < 1.29 is 9.53 Å². The average Bonchev–Trinajstić information content (AvgIpc) is 2.91. The Kier molecular flexibility index (Phi) is 7.58. The fourth-order valence-electron chi connectivity index (χ4n) is 3.81. The summed E-state index contributed by atoms with van der Waals surface area (Å²) in [5, 5.41) is 3.01. The summed E-state index contributed by atoms with van der Waals surface area (Å²) in [5.41, 5.74) is 7.16. The minimum Gasteiger partial charge on any atom is -0.481 e. The lowest BCUT2D eigenvalue weighted by molar-refractivity contribution is 0.0950. The largest absolute Gasteiger partial charge is 0.481 e. The molecular weight excluding hydrogens is 434 g/mol. The topological polar surface area (TPSA) is 54.5 Å². The second-order valence-corrected chi connectivity index (χ2v) is 8.34. The van der Waals surface area contributed by atoms with Crippen LogP contribution >= 0.6 is 0 Å². The molecule has 0 fully saturated rings. The SMILES string of the molecule is COc1ccc(C(=O)NCc2ccccc2-c2ccccc2C=Cc2ccc(N(C)C)cc2)cn1. The standard InChI is InChI=1S/C30H29N3O2/c1-33(2)26-17-13-22(14-18-26)12-15-23-8-4-6-10-27(23)28-11-7-5-9-24(28)20-32-30(34)25-16-19-29(35-3)31-21-25/h4-19,21H,20H2,1-3H3,(H,32,34). The number of methoxy groups -OCH3 is 1. The van der Waals surface area contributed by atoms with Gasteiger partial charge in [0.25, 0.3) is 5.91 Å². The fourth-order valence-corrected chi connectivity index (χ4v) is 3.81. The van der Waals surface area contributed by atoms with E-state index in [1.807, 2.05) is 44.4 Å². The summed E-state index contributed by atoms with van der Waals surface area (Å²) >= 11 is 0. The first-order valence-corrected chi connectivity index (χ1v) is 11.5. The highest BCUT2D eigenvalue weighted by molar-refractivity contribution is 5.94. The van der Waals surface area contributed by atoms with E-state index in [1.54, 1.807) is 19.2 Å². The van der Waals surface area contributed by atoms with Crippen LogP contribution in [-0.4, -0.2) is 32.1 Å². The molecule has 0 atom stereocenters. The minimum absolute atomic E-state index is 0.177. The van der Waals surface area contributed by atoms with Gasteiger partial charge in [-0.05, 0) is 46.0 Å². The summed E-state index contributed by atoms with van der Waals surface area (Å²) in [6, 6.07) is 28.3. The molecule has 3 aromatic carbocycles. The Labute approximate surface area is 206 Å². The summed E-state index contributed by atoms with van der Waals surface area (Å²) in [7, 11) is 5.62. The molecule has 0 aliphatic heterocycles. The summed E-state index contributed by atoms with van der Waals surface area (Å²) in [6.45, 7) is 0.408. The maximum Gasteiger partial charge on any atom is 0.253 e. The number of hydrogen-bond acceptors (Lipinski definition) is 4. The van der Waals surface area contributed by atoms with Gasteiger partial charge in [0.1, 0.15) is 0 Å². The van der Waals surface area contributed by atoms with Gasteiger partial charge in [0.15, 0.2) is 0 Å². The molecule has 4 rings (SSSR count). The molecule has 0 spiro atoms. The van der Waals surface area contributed by atoms with Gasteiger partial charge in [-0.2, -0.15) is 0 Å². The van der Waals surface area contributed by atoms with Gasteiger partial charge in [0, 0.05) is 38.6 Å². The number of nitrogens with one attached hydrogen (secondary N) is 1. The van der Waals surface area contributed by atoms with Gasteiger partial charge in [-0.25, -0.2) is 4.98 Å². The summed E-state index contributed by atoms with van der Waals surface area (Å²) in [4.78, 5) is 18.9. The average molecular weight is 464 g/mol. The smallest absolute Gasteiger partial charge is 0.253 e. The van der Waals surface area contributed by atoms with Crippen molar-refractivity contribution >= 4 is 23.7 Å². The van der Waals surface area contributed by atoms with Crippen molar-refractivity contribution in [3.8, 4) is 17.0 Å². The van der Waals surface area contributed by atoms with E-state index in [9.17, 15) is 4.79 Å². The number of rotatable bonds is 8. The molecule has 4 aromatic rings. The number of nitrogens with zero attached hydrogens (tertiary/aromatic N) is 2. The van der Waals surface area contributed by atoms with Crippen LogP contribution in [0.3, 0.4) is 0 Å². The Hall–Kier alpha value is -4.38. The molecule has 0 aliphatic carbocycles. The molecule has 176 valence electrons. The van der Waals surface area contributed by atoms with Crippen LogP contribution < -0.4 is 15.0 Å². The molecule has 5 nitrogen and oxygen atoms in total. The van der Waals surface area contributed by atoms with Crippen molar-refractivity contribution in [3.63, 3.8) is 0 Å². The van der Waals surface area contributed by atoms with E-state index < -0.39 is 0 Å². The van der Waals surface area contributed by atoms with Gasteiger partial charge in [-0.15, -0.1) is 0 Å². The molecule has 0 bridgehead atoms. The Morgan fingerprint density at radius 1 is 0.886 bits per heavy atom. The molecule has 5 heteroatoms. The second kappa shape index (κ2) is 11.2. The third-order valence-corrected chi connectivity index (χ3v) is 5.78. The van der Waals surface area contributed by atoms with Gasteiger partial charge in [0.2, 0.25) is 5.88 Å². The zero-order chi connectivity index (χ0) is 24.6. The first kappa shape index (κ1) is 23.8. The highest BCUT2D eigenvalue weighted by Gasteiger charge is 2.11. The van der Waals surface area contributed by atoms with Crippen molar-refractivity contribution in [1.82, 2.24) is 10.3 Å². The number of carbonyl (C=O) groups is 1. The van der Waals surface area contributed by atoms with Crippen LogP contribution in [-0.2, 0) is 6.54 Å². The second-order valence-electron chi connectivity index (χ2n) is 8.34. The van der Waals surface area contributed by atoms with E-state index in [0.29, 0.717) is 18.0 Å². The van der Waals surface area contributed by atoms with E-state index in [2.05, 4.69) is 69.8 Å². The Bertz CT molecular complexity index is 1310. The highest BCUT2D eigenvalue weighted by Crippen LogP contribution is 2.29. The zero-order valence-electron chi connectivity index (χ0n) is 20.2. The first-order valence-electron chi connectivity index (χ1n) is 11.5. The van der Waals surface area contributed by atoms with Crippen LogP contribution in [0.2, 0.25) is 0 Å². The Morgan fingerprint density at radius 2 is 1.60 bits per heavy atom. The third-order valence-electron chi connectivity index (χ3n) is 5.78. The molecule has 0 aliphatic rings. The number of anilines is 1. The van der Waals surface area contributed by atoms with Gasteiger partial charge in [-0.3, -0.25) is 4.79 Å². The number of hydrogen-bond donors (Lipinski definition) is 1. The summed E-state index contributed by atoms with van der Waals surface area (Å²) in [6.07, 6.45) is 5.78. The lowest BCUT2D eigenvalue weighted by atomic mass is 9.94. The number of pyridine rings is 1. The van der Waals surface area contributed by atoms with E-state index in [-0.39, 0.29) is 5.91 Å². The van der Waals surface area contributed by atoms with Crippen LogP contribution in [0.4, 0.5) is 5.69 Å². The van der Waals surface area contributed by atoms with Gasteiger partial charge in [0.05, 0.1) is 12.7 Å². The molecule has 0 unspecified atom stereocenters. The van der Waals surface area contributed by atoms with Crippen molar-refractivity contribution in [2.24, 2.45) is 0 Å². The quantitative estimate of drug-likeness (QED) is 0.329. The van der Waals surface area contributed by atoms with Crippen molar-refractivity contribution in [2.45, 2.75) is 6.54 Å². The number of benzene rings is 3. The number of amides is 1. The maximum atomic E-state index is 12.7. The molecular formula is C30H29N3O2. The lowest BCUT2D eigenvalue weighted by Gasteiger charge is -2.14. The van der Waals surface area contributed by atoms with Crippen molar-refractivity contribution in [3.05, 3.63) is 113 Å². The van der Waals surface area contributed by atoms with Crippen molar-refractivity contribution in [1.29, 1.82) is 0 Å². The van der Waals surface area contributed by atoms with E-state index in [0.717, 1.165) is 27.8 Å². The predicted octanol–water partition coefficient (Wildman–Crippen LogP) is 5.92. The van der Waals surface area contributed by atoms with Crippen LogP contribution in [0.25, 0.3) is 23.3 Å². The highest BCUT2D eigenvalue weighted by atomic mass is 16.5. The summed E-state index contributed by atoms with van der Waals surface area (Å²) < 4.78 is 5.07. The lowest BCUT2D eigenvalue weighted by Crippen LogP contribution is -2.23. The molecule has 0 radical (unpaired) electrons. The van der Waals surface area contributed by atoms with Crippen LogP contribution in [0, 0.1) is 0 Å². The number of aromatic nitrogens is 1. The number of ether oxygens (including phenoxy) is 1. The van der Waals surface area contributed by atoms with Gasteiger partial charge in [-0.1, -0.05) is 72.8 Å². The predicted molar refractivity (Wildman–Crippen MR) is 144 cm³/mol. The molecule has 1 N–H and O–H groups in total. The van der Waals surface area contributed by atoms with Gasteiger partial charge < -0.3 is 15.0 Å². The van der Waals surface area contributed by atoms with E-state index in [4.69, 9.17) is 4.74 Å². The molecule has 0 saturated heterocycles. The zero-order valence-corrected chi connectivity index (χ0v) is 20.2. The fraction of sp³-hybridized carbons (Fsp3) is 0.133. The van der Waals surface area contributed by atoms with E-state index in [1.165, 1.54) is 11.9 Å². The maximum absolute atomic E-state index is 12.7. The molecule has 1 aromatic heterocycles. The van der Waals surface area contributed by atoms with Gasteiger partial charge >= 0.3 is 0 Å². The van der Waals surface area contributed by atoms with Crippen LogP contribution in [0.5, 0.6) is 5.88 Å².